The molecule has 0 radical (unpaired) electrons. The molecule has 1 unspecified atom stereocenters. The number of hydrogen-bond acceptors (Lipinski definition) is 3. The molecule has 0 saturated carbocycles. The highest BCUT2D eigenvalue weighted by Gasteiger charge is 2.06. The molecule has 2 nitrogen and oxygen atoms in total. The number of aliphatic hydroxyl groups excluding tert-OH is 1. The lowest BCUT2D eigenvalue weighted by Gasteiger charge is -2.05. The average molecular weight is 195 g/mol. The Kier molecular flexibility index (Phi) is 3.94. The van der Waals surface area contributed by atoms with Gasteiger partial charge < -0.3 is 5.11 Å². The van der Waals surface area contributed by atoms with E-state index in [9.17, 15) is 5.11 Å². The van der Waals surface area contributed by atoms with Crippen molar-refractivity contribution in [1.82, 2.24) is 4.98 Å². The normalized spacial score (nSPS) is 12.4. The van der Waals surface area contributed by atoms with E-state index in [1.165, 1.54) is 0 Å². The van der Waals surface area contributed by atoms with Crippen molar-refractivity contribution >= 4 is 11.3 Å². The Morgan fingerprint density at radius 2 is 2.54 bits per heavy atom. The Labute approximate surface area is 82.6 Å². The molecule has 13 heavy (non-hydrogen) atoms. The van der Waals surface area contributed by atoms with Crippen molar-refractivity contribution in [1.29, 1.82) is 0 Å². The van der Waals surface area contributed by atoms with Crippen LogP contribution in [0.25, 0.3) is 0 Å². The summed E-state index contributed by atoms with van der Waals surface area (Å²) < 4.78 is 0. The van der Waals surface area contributed by atoms with E-state index in [4.69, 9.17) is 6.42 Å². The predicted octanol–water partition coefficient (Wildman–Crippen LogP) is 1.77. The number of nitrogens with zero attached hydrogens (tertiary/aromatic N) is 1. The maximum absolute atomic E-state index is 9.51. The summed E-state index contributed by atoms with van der Waals surface area (Å²) >= 11 is 1.61. The van der Waals surface area contributed by atoms with Crippen LogP contribution in [-0.4, -0.2) is 16.2 Å². The zero-order chi connectivity index (χ0) is 9.68. The highest BCUT2D eigenvalue weighted by molar-refractivity contribution is 7.09. The van der Waals surface area contributed by atoms with E-state index in [-0.39, 0.29) is 6.10 Å². The van der Waals surface area contributed by atoms with Gasteiger partial charge in [0.25, 0.3) is 0 Å². The quantitative estimate of drug-likeness (QED) is 0.743. The van der Waals surface area contributed by atoms with Crippen molar-refractivity contribution in [2.75, 3.05) is 0 Å². The third-order valence-corrected chi connectivity index (χ3v) is 2.56. The third kappa shape index (κ3) is 3.58. The highest BCUT2D eigenvalue weighted by atomic mass is 32.1. The van der Waals surface area contributed by atoms with E-state index in [2.05, 4.69) is 10.9 Å². The number of thiazole rings is 1. The van der Waals surface area contributed by atoms with Gasteiger partial charge in [-0.2, -0.15) is 0 Å². The minimum absolute atomic E-state index is 0.349. The van der Waals surface area contributed by atoms with E-state index in [0.29, 0.717) is 19.3 Å². The fraction of sp³-hybridized carbons (Fsp3) is 0.500. The standard InChI is InChI=1S/C10H13NOS/c1-3-4-5-10(12)6-9-7-13-8(2)11-9/h1,7,10,12H,4-6H2,2H3. The van der Waals surface area contributed by atoms with Crippen LogP contribution in [0.3, 0.4) is 0 Å². The Morgan fingerprint density at radius 1 is 1.77 bits per heavy atom. The van der Waals surface area contributed by atoms with Crippen molar-refractivity contribution < 1.29 is 5.11 Å². The summed E-state index contributed by atoms with van der Waals surface area (Å²) in [6, 6.07) is 0. The van der Waals surface area contributed by atoms with Crippen LogP contribution in [0.2, 0.25) is 0 Å². The smallest absolute Gasteiger partial charge is 0.0897 e. The van der Waals surface area contributed by atoms with Crippen molar-refractivity contribution in [3.63, 3.8) is 0 Å². The number of terminal acetylenes is 1. The first-order chi connectivity index (χ1) is 6.22. The second-order valence-corrected chi connectivity index (χ2v) is 4.02. The summed E-state index contributed by atoms with van der Waals surface area (Å²) in [6.07, 6.45) is 6.66. The van der Waals surface area contributed by atoms with Gasteiger partial charge in [0, 0.05) is 18.2 Å². The van der Waals surface area contributed by atoms with Crippen molar-refractivity contribution in [2.45, 2.75) is 32.3 Å². The fourth-order valence-corrected chi connectivity index (χ4v) is 1.72. The molecule has 3 heteroatoms. The zero-order valence-electron chi connectivity index (χ0n) is 7.66. The number of aromatic nitrogens is 1. The molecule has 0 aromatic carbocycles. The monoisotopic (exact) mass is 195 g/mol. The van der Waals surface area contributed by atoms with Crippen molar-refractivity contribution in [2.24, 2.45) is 0 Å². The molecule has 0 saturated heterocycles. The van der Waals surface area contributed by atoms with Gasteiger partial charge in [0.1, 0.15) is 0 Å². The second kappa shape index (κ2) is 5.00. The summed E-state index contributed by atoms with van der Waals surface area (Å²) in [7, 11) is 0. The van der Waals surface area contributed by atoms with Crippen LogP contribution in [0.1, 0.15) is 23.5 Å². The van der Waals surface area contributed by atoms with Crippen LogP contribution < -0.4 is 0 Å². The average Bonchev–Trinajstić information content (AvgIpc) is 2.48. The van der Waals surface area contributed by atoms with Crippen LogP contribution in [0.5, 0.6) is 0 Å². The molecular formula is C10H13NOS. The van der Waals surface area contributed by atoms with Crippen molar-refractivity contribution in [3.8, 4) is 12.3 Å². The molecule has 1 heterocycles. The van der Waals surface area contributed by atoms with Gasteiger partial charge >= 0.3 is 0 Å². The SMILES string of the molecule is C#CCCC(O)Cc1csc(C)n1. The number of aryl methyl sites for hydroxylation is 1. The first-order valence-corrected chi connectivity index (χ1v) is 5.13. The molecule has 1 aromatic rings. The van der Waals surface area contributed by atoms with Gasteiger partial charge in [-0.15, -0.1) is 23.7 Å². The molecule has 1 N–H and O–H groups in total. The largest absolute Gasteiger partial charge is 0.393 e. The number of rotatable bonds is 4. The van der Waals surface area contributed by atoms with Crippen LogP contribution in [-0.2, 0) is 6.42 Å². The summed E-state index contributed by atoms with van der Waals surface area (Å²) in [5, 5.41) is 12.5. The topological polar surface area (TPSA) is 33.1 Å². The molecule has 0 aliphatic carbocycles. The van der Waals surface area contributed by atoms with E-state index < -0.39 is 0 Å². The fourth-order valence-electron chi connectivity index (χ4n) is 1.10. The van der Waals surface area contributed by atoms with Crippen LogP contribution in [0.15, 0.2) is 5.38 Å². The van der Waals surface area contributed by atoms with Gasteiger partial charge in [0.05, 0.1) is 16.8 Å². The van der Waals surface area contributed by atoms with E-state index in [0.717, 1.165) is 10.7 Å². The molecule has 0 spiro atoms. The van der Waals surface area contributed by atoms with Gasteiger partial charge in [-0.05, 0) is 13.3 Å². The molecule has 0 aliphatic rings. The molecule has 0 fully saturated rings. The summed E-state index contributed by atoms with van der Waals surface area (Å²) in [4.78, 5) is 4.27. The molecule has 1 rings (SSSR count). The highest BCUT2D eigenvalue weighted by Crippen LogP contribution is 2.11. The second-order valence-electron chi connectivity index (χ2n) is 2.96. The lowest BCUT2D eigenvalue weighted by molar-refractivity contribution is 0.166. The van der Waals surface area contributed by atoms with E-state index in [1.807, 2.05) is 12.3 Å². The number of aliphatic hydroxyl groups is 1. The minimum Gasteiger partial charge on any atom is -0.393 e. The lowest BCUT2D eigenvalue weighted by Crippen LogP contribution is -2.10. The molecule has 0 aliphatic heterocycles. The van der Waals surface area contributed by atoms with Gasteiger partial charge in [-0.3, -0.25) is 0 Å². The third-order valence-electron chi connectivity index (χ3n) is 1.73. The Balaban J connectivity index is 2.37. The molecule has 1 atom stereocenters. The Morgan fingerprint density at radius 3 is 3.08 bits per heavy atom. The number of hydrogen-bond donors (Lipinski definition) is 1. The summed E-state index contributed by atoms with van der Waals surface area (Å²) in [5.41, 5.74) is 0.965. The van der Waals surface area contributed by atoms with Gasteiger partial charge in [0.2, 0.25) is 0 Å². The van der Waals surface area contributed by atoms with Crippen LogP contribution >= 0.6 is 11.3 Å². The zero-order valence-corrected chi connectivity index (χ0v) is 8.47. The van der Waals surface area contributed by atoms with Gasteiger partial charge in [-0.1, -0.05) is 0 Å². The lowest BCUT2D eigenvalue weighted by atomic mass is 10.1. The maximum atomic E-state index is 9.51. The molecule has 0 bridgehead atoms. The molecule has 0 amide bonds. The predicted molar refractivity (Wildman–Crippen MR) is 54.6 cm³/mol. The Bertz CT molecular complexity index is 300. The van der Waals surface area contributed by atoms with E-state index in [1.54, 1.807) is 11.3 Å². The molecule has 70 valence electrons. The van der Waals surface area contributed by atoms with Gasteiger partial charge in [-0.25, -0.2) is 4.98 Å². The molecule has 1 aromatic heterocycles. The van der Waals surface area contributed by atoms with Gasteiger partial charge in [0.15, 0.2) is 0 Å². The van der Waals surface area contributed by atoms with E-state index >= 15 is 0 Å². The minimum atomic E-state index is -0.349. The van der Waals surface area contributed by atoms with Crippen LogP contribution in [0, 0.1) is 19.3 Å². The maximum Gasteiger partial charge on any atom is 0.0897 e. The molecular weight excluding hydrogens is 182 g/mol. The first-order valence-electron chi connectivity index (χ1n) is 4.25. The van der Waals surface area contributed by atoms with Crippen LogP contribution in [0.4, 0.5) is 0 Å². The Hall–Kier alpha value is -0.850. The summed E-state index contributed by atoms with van der Waals surface area (Å²) in [5.74, 6) is 2.51. The first kappa shape index (κ1) is 10.2. The van der Waals surface area contributed by atoms with Crippen molar-refractivity contribution in [3.05, 3.63) is 16.1 Å². The summed E-state index contributed by atoms with van der Waals surface area (Å²) in [6.45, 7) is 1.96.